The van der Waals surface area contributed by atoms with Gasteiger partial charge in [-0.05, 0) is 68.7 Å². The standard InChI is InChI=1S/C23H31N3O2/c1-6-19-9-11-20(12-10-19)24-23(28)16-26(18(5)27)22-14-13-21(15-17(22)4)25(7-2)8-3/h9-15H,6-8,16H2,1-5H3,(H,24,28). The van der Waals surface area contributed by atoms with E-state index < -0.39 is 0 Å². The summed E-state index contributed by atoms with van der Waals surface area (Å²) in [5.74, 6) is -0.373. The van der Waals surface area contributed by atoms with Gasteiger partial charge in [0.2, 0.25) is 11.8 Å². The Morgan fingerprint density at radius 1 is 0.964 bits per heavy atom. The molecule has 2 aromatic carbocycles. The maximum absolute atomic E-state index is 12.5. The average Bonchev–Trinajstić information content (AvgIpc) is 2.68. The molecule has 2 rings (SSSR count). The van der Waals surface area contributed by atoms with Gasteiger partial charge in [-0.15, -0.1) is 0 Å². The van der Waals surface area contributed by atoms with Crippen LogP contribution in [0.2, 0.25) is 0 Å². The minimum Gasteiger partial charge on any atom is -0.372 e. The number of carbonyl (C=O) groups excluding carboxylic acids is 2. The molecular weight excluding hydrogens is 350 g/mol. The normalized spacial score (nSPS) is 10.5. The number of aryl methyl sites for hydroxylation is 2. The molecule has 2 aromatic rings. The first kappa shape index (κ1) is 21.5. The third-order valence-electron chi connectivity index (χ3n) is 4.93. The maximum atomic E-state index is 12.5. The Morgan fingerprint density at radius 3 is 2.11 bits per heavy atom. The lowest BCUT2D eigenvalue weighted by molar-refractivity contribution is -0.120. The van der Waals surface area contributed by atoms with Crippen LogP contribution in [0.1, 0.15) is 38.8 Å². The first-order chi connectivity index (χ1) is 13.4. The SMILES string of the molecule is CCc1ccc(NC(=O)CN(C(C)=O)c2ccc(N(CC)CC)cc2C)cc1. The van der Waals surface area contributed by atoms with E-state index in [1.165, 1.54) is 17.4 Å². The predicted molar refractivity (Wildman–Crippen MR) is 117 cm³/mol. The first-order valence-corrected chi connectivity index (χ1v) is 9.92. The number of hydrogen-bond acceptors (Lipinski definition) is 3. The quantitative estimate of drug-likeness (QED) is 0.738. The number of hydrogen-bond donors (Lipinski definition) is 1. The summed E-state index contributed by atoms with van der Waals surface area (Å²) in [5.41, 5.74) is 4.81. The molecule has 5 nitrogen and oxygen atoms in total. The number of nitrogens with one attached hydrogen (secondary N) is 1. The molecule has 0 aliphatic heterocycles. The van der Waals surface area contributed by atoms with E-state index in [4.69, 9.17) is 0 Å². The highest BCUT2D eigenvalue weighted by Gasteiger charge is 2.18. The van der Waals surface area contributed by atoms with Gasteiger partial charge in [0.15, 0.2) is 0 Å². The Hall–Kier alpha value is -2.82. The molecule has 0 saturated carbocycles. The first-order valence-electron chi connectivity index (χ1n) is 9.92. The number of carbonyl (C=O) groups is 2. The van der Waals surface area contributed by atoms with Crippen molar-refractivity contribution >= 4 is 28.9 Å². The molecule has 0 atom stereocenters. The van der Waals surface area contributed by atoms with E-state index in [0.29, 0.717) is 0 Å². The van der Waals surface area contributed by atoms with E-state index in [1.807, 2.05) is 43.3 Å². The fraction of sp³-hybridized carbons (Fsp3) is 0.391. The van der Waals surface area contributed by atoms with Gasteiger partial charge in [-0.2, -0.15) is 0 Å². The summed E-state index contributed by atoms with van der Waals surface area (Å²) in [6, 6.07) is 13.8. The summed E-state index contributed by atoms with van der Waals surface area (Å²) in [7, 11) is 0. The summed E-state index contributed by atoms with van der Waals surface area (Å²) >= 11 is 0. The second-order valence-corrected chi connectivity index (χ2v) is 6.85. The molecule has 0 aromatic heterocycles. The summed E-state index contributed by atoms with van der Waals surface area (Å²) in [5, 5.41) is 2.87. The smallest absolute Gasteiger partial charge is 0.244 e. The molecule has 150 valence electrons. The largest absolute Gasteiger partial charge is 0.372 e. The van der Waals surface area contributed by atoms with Gasteiger partial charge >= 0.3 is 0 Å². The third kappa shape index (κ3) is 5.35. The van der Waals surface area contributed by atoms with Gasteiger partial charge in [-0.25, -0.2) is 0 Å². The molecule has 0 fully saturated rings. The van der Waals surface area contributed by atoms with Crippen molar-refractivity contribution in [3.8, 4) is 0 Å². The van der Waals surface area contributed by atoms with Crippen LogP contribution in [0, 0.1) is 6.92 Å². The minimum atomic E-state index is -0.216. The monoisotopic (exact) mass is 381 g/mol. The van der Waals surface area contributed by atoms with Crippen molar-refractivity contribution in [2.24, 2.45) is 0 Å². The number of nitrogens with zero attached hydrogens (tertiary/aromatic N) is 2. The maximum Gasteiger partial charge on any atom is 0.244 e. The van der Waals surface area contributed by atoms with Crippen molar-refractivity contribution in [3.63, 3.8) is 0 Å². The van der Waals surface area contributed by atoms with Crippen molar-refractivity contribution < 1.29 is 9.59 Å². The zero-order chi connectivity index (χ0) is 20.7. The van der Waals surface area contributed by atoms with Crippen molar-refractivity contribution in [1.29, 1.82) is 0 Å². The summed E-state index contributed by atoms with van der Waals surface area (Å²) in [6.07, 6.45) is 0.953. The summed E-state index contributed by atoms with van der Waals surface area (Å²) < 4.78 is 0. The van der Waals surface area contributed by atoms with Crippen LogP contribution in [0.4, 0.5) is 17.1 Å². The fourth-order valence-electron chi connectivity index (χ4n) is 3.26. The van der Waals surface area contributed by atoms with E-state index in [1.54, 1.807) is 0 Å². The molecule has 1 N–H and O–H groups in total. The van der Waals surface area contributed by atoms with Gasteiger partial charge in [-0.3, -0.25) is 9.59 Å². The van der Waals surface area contributed by atoms with Crippen molar-refractivity contribution in [2.75, 3.05) is 34.8 Å². The van der Waals surface area contributed by atoms with Crippen molar-refractivity contribution in [1.82, 2.24) is 0 Å². The average molecular weight is 382 g/mol. The molecule has 5 heteroatoms. The molecule has 0 aliphatic rings. The summed E-state index contributed by atoms with van der Waals surface area (Å²) in [4.78, 5) is 28.5. The Morgan fingerprint density at radius 2 is 1.61 bits per heavy atom. The van der Waals surface area contributed by atoms with Gasteiger partial charge < -0.3 is 15.1 Å². The fourth-order valence-corrected chi connectivity index (χ4v) is 3.26. The summed E-state index contributed by atoms with van der Waals surface area (Å²) in [6.45, 7) is 11.6. The molecule has 0 unspecified atom stereocenters. The van der Waals surface area contributed by atoms with Crippen LogP contribution in [0.15, 0.2) is 42.5 Å². The molecule has 0 aliphatic carbocycles. The second-order valence-electron chi connectivity index (χ2n) is 6.85. The Kier molecular flexibility index (Phi) is 7.61. The molecule has 0 bridgehead atoms. The molecule has 2 amide bonds. The van der Waals surface area contributed by atoms with E-state index >= 15 is 0 Å². The number of amides is 2. The molecular formula is C23H31N3O2. The zero-order valence-electron chi connectivity index (χ0n) is 17.6. The van der Waals surface area contributed by atoms with Gasteiger partial charge in [-0.1, -0.05) is 19.1 Å². The Balaban J connectivity index is 2.16. The minimum absolute atomic E-state index is 0.0175. The van der Waals surface area contributed by atoms with Gasteiger partial charge in [0.1, 0.15) is 6.54 Å². The van der Waals surface area contributed by atoms with Crippen LogP contribution in [-0.2, 0) is 16.0 Å². The molecule has 28 heavy (non-hydrogen) atoms. The predicted octanol–water partition coefficient (Wildman–Crippen LogP) is 4.40. The Labute approximate surface area is 168 Å². The van der Waals surface area contributed by atoms with Crippen LogP contribution in [0.3, 0.4) is 0 Å². The zero-order valence-corrected chi connectivity index (χ0v) is 17.6. The number of rotatable bonds is 8. The van der Waals surface area contributed by atoms with Gasteiger partial charge in [0.05, 0.1) is 0 Å². The van der Waals surface area contributed by atoms with E-state index in [2.05, 4.69) is 37.1 Å². The number of anilines is 3. The van der Waals surface area contributed by atoms with E-state index in [-0.39, 0.29) is 18.4 Å². The lowest BCUT2D eigenvalue weighted by Crippen LogP contribution is -2.37. The number of benzene rings is 2. The van der Waals surface area contributed by atoms with E-state index in [0.717, 1.165) is 42.1 Å². The van der Waals surface area contributed by atoms with Crippen LogP contribution in [0.25, 0.3) is 0 Å². The van der Waals surface area contributed by atoms with Crippen molar-refractivity contribution in [2.45, 2.75) is 41.0 Å². The highest BCUT2D eigenvalue weighted by Crippen LogP contribution is 2.26. The van der Waals surface area contributed by atoms with E-state index in [9.17, 15) is 9.59 Å². The van der Waals surface area contributed by atoms with Crippen LogP contribution in [-0.4, -0.2) is 31.4 Å². The van der Waals surface area contributed by atoms with Gasteiger partial charge in [0.25, 0.3) is 0 Å². The Bertz CT molecular complexity index is 811. The molecule has 0 heterocycles. The lowest BCUT2D eigenvalue weighted by atomic mass is 10.1. The van der Waals surface area contributed by atoms with Crippen LogP contribution in [0.5, 0.6) is 0 Å². The third-order valence-corrected chi connectivity index (χ3v) is 4.93. The lowest BCUT2D eigenvalue weighted by Gasteiger charge is -2.26. The van der Waals surface area contributed by atoms with Crippen LogP contribution >= 0.6 is 0 Å². The molecule has 0 radical (unpaired) electrons. The highest BCUT2D eigenvalue weighted by molar-refractivity contribution is 6.02. The molecule has 0 saturated heterocycles. The van der Waals surface area contributed by atoms with Gasteiger partial charge in [0, 0.05) is 37.1 Å². The molecule has 0 spiro atoms. The van der Waals surface area contributed by atoms with Crippen LogP contribution < -0.4 is 15.1 Å². The highest BCUT2D eigenvalue weighted by atomic mass is 16.2. The topological polar surface area (TPSA) is 52.7 Å². The van der Waals surface area contributed by atoms with Crippen molar-refractivity contribution in [3.05, 3.63) is 53.6 Å². The second kappa shape index (κ2) is 9.93.